The predicted molar refractivity (Wildman–Crippen MR) is 80.9 cm³/mol. The third kappa shape index (κ3) is 3.03. The van der Waals surface area contributed by atoms with E-state index in [-0.39, 0.29) is 16.5 Å². The van der Waals surface area contributed by atoms with Gasteiger partial charge in [0.25, 0.3) is 0 Å². The summed E-state index contributed by atoms with van der Waals surface area (Å²) in [6.45, 7) is 1.84. The fourth-order valence-electron chi connectivity index (χ4n) is 2.11. The standard InChI is InChI=1S/C15H13BrClF2N/c1-8-9(3-2-4-12(8)17)14(20)7-10-13(18)6-5-11(16)15(10)19/h2-6,14H,7,20H2,1H3. The van der Waals surface area contributed by atoms with Gasteiger partial charge in [0.05, 0.1) is 4.47 Å². The van der Waals surface area contributed by atoms with Crippen LogP contribution in [0.25, 0.3) is 0 Å². The van der Waals surface area contributed by atoms with E-state index in [1.165, 1.54) is 12.1 Å². The lowest BCUT2D eigenvalue weighted by molar-refractivity contribution is 0.535. The normalized spacial score (nSPS) is 12.5. The van der Waals surface area contributed by atoms with Crippen molar-refractivity contribution >= 4 is 27.5 Å². The third-order valence-electron chi connectivity index (χ3n) is 3.27. The van der Waals surface area contributed by atoms with E-state index in [1.54, 1.807) is 12.1 Å². The SMILES string of the molecule is Cc1c(Cl)cccc1C(N)Cc1c(F)ccc(Br)c1F. The number of nitrogens with two attached hydrogens (primary N) is 1. The van der Waals surface area contributed by atoms with Crippen molar-refractivity contribution < 1.29 is 8.78 Å². The van der Waals surface area contributed by atoms with Crippen molar-refractivity contribution in [3.05, 3.63) is 68.2 Å². The van der Waals surface area contributed by atoms with E-state index in [0.717, 1.165) is 11.1 Å². The molecule has 2 aromatic rings. The van der Waals surface area contributed by atoms with Gasteiger partial charge in [0.15, 0.2) is 0 Å². The maximum absolute atomic E-state index is 13.9. The van der Waals surface area contributed by atoms with Crippen molar-refractivity contribution in [2.75, 3.05) is 0 Å². The van der Waals surface area contributed by atoms with Crippen LogP contribution in [0.15, 0.2) is 34.8 Å². The van der Waals surface area contributed by atoms with Crippen LogP contribution in [0.1, 0.15) is 22.7 Å². The van der Waals surface area contributed by atoms with E-state index in [2.05, 4.69) is 15.9 Å². The van der Waals surface area contributed by atoms with Gasteiger partial charge < -0.3 is 5.73 Å². The van der Waals surface area contributed by atoms with Gasteiger partial charge in [0.2, 0.25) is 0 Å². The monoisotopic (exact) mass is 359 g/mol. The summed E-state index contributed by atoms with van der Waals surface area (Å²) in [7, 11) is 0. The van der Waals surface area contributed by atoms with Gasteiger partial charge in [0, 0.05) is 16.6 Å². The molecule has 0 saturated carbocycles. The molecule has 1 unspecified atom stereocenters. The van der Waals surface area contributed by atoms with Crippen LogP contribution in [0.5, 0.6) is 0 Å². The molecular formula is C15H13BrClF2N. The quantitative estimate of drug-likeness (QED) is 0.772. The summed E-state index contributed by atoms with van der Waals surface area (Å²) >= 11 is 9.09. The zero-order valence-electron chi connectivity index (χ0n) is 10.8. The van der Waals surface area contributed by atoms with Gasteiger partial charge in [-0.2, -0.15) is 0 Å². The third-order valence-corrected chi connectivity index (χ3v) is 4.29. The molecule has 0 amide bonds. The Balaban J connectivity index is 2.35. The highest BCUT2D eigenvalue weighted by Crippen LogP contribution is 2.28. The molecule has 0 fully saturated rings. The highest BCUT2D eigenvalue weighted by molar-refractivity contribution is 9.10. The van der Waals surface area contributed by atoms with Crippen LogP contribution < -0.4 is 5.73 Å². The highest BCUT2D eigenvalue weighted by Gasteiger charge is 2.18. The topological polar surface area (TPSA) is 26.0 Å². The molecule has 0 aliphatic carbocycles. The lowest BCUT2D eigenvalue weighted by Gasteiger charge is -2.17. The van der Waals surface area contributed by atoms with Gasteiger partial charge in [-0.25, -0.2) is 8.78 Å². The van der Waals surface area contributed by atoms with Gasteiger partial charge >= 0.3 is 0 Å². The van der Waals surface area contributed by atoms with Crippen LogP contribution in [0, 0.1) is 18.6 Å². The van der Waals surface area contributed by atoms with E-state index in [4.69, 9.17) is 17.3 Å². The summed E-state index contributed by atoms with van der Waals surface area (Å²) in [5.74, 6) is -1.21. The Morgan fingerprint density at radius 2 is 1.95 bits per heavy atom. The first-order valence-corrected chi connectivity index (χ1v) is 7.22. The van der Waals surface area contributed by atoms with E-state index in [0.29, 0.717) is 5.02 Å². The van der Waals surface area contributed by atoms with Gasteiger partial charge in [-0.3, -0.25) is 0 Å². The van der Waals surface area contributed by atoms with Crippen molar-refractivity contribution in [1.29, 1.82) is 0 Å². The molecular weight excluding hydrogens is 348 g/mol. The fourth-order valence-corrected chi connectivity index (χ4v) is 2.67. The van der Waals surface area contributed by atoms with Crippen LogP contribution in [-0.2, 0) is 6.42 Å². The van der Waals surface area contributed by atoms with Gasteiger partial charge in [0.1, 0.15) is 11.6 Å². The maximum atomic E-state index is 13.9. The molecule has 0 aliphatic heterocycles. The smallest absolute Gasteiger partial charge is 0.143 e. The van der Waals surface area contributed by atoms with E-state index in [9.17, 15) is 8.78 Å². The molecule has 20 heavy (non-hydrogen) atoms. The summed E-state index contributed by atoms with van der Waals surface area (Å²) in [6.07, 6.45) is 0.0677. The largest absolute Gasteiger partial charge is 0.324 e. The van der Waals surface area contributed by atoms with Crippen molar-refractivity contribution in [1.82, 2.24) is 0 Å². The molecule has 1 nitrogen and oxygen atoms in total. The van der Waals surface area contributed by atoms with Gasteiger partial charge in [-0.15, -0.1) is 0 Å². The maximum Gasteiger partial charge on any atom is 0.143 e. The second kappa shape index (κ2) is 6.20. The van der Waals surface area contributed by atoms with E-state index >= 15 is 0 Å². The van der Waals surface area contributed by atoms with Crippen LogP contribution in [0.4, 0.5) is 8.78 Å². The van der Waals surface area contributed by atoms with Gasteiger partial charge in [-0.05, 0) is 58.6 Å². The van der Waals surface area contributed by atoms with Crippen molar-refractivity contribution in [2.24, 2.45) is 5.73 Å². The summed E-state index contributed by atoms with van der Waals surface area (Å²) in [5, 5.41) is 0.591. The molecule has 0 aliphatic rings. The van der Waals surface area contributed by atoms with Crippen LogP contribution in [-0.4, -0.2) is 0 Å². The van der Waals surface area contributed by atoms with Crippen molar-refractivity contribution in [3.8, 4) is 0 Å². The highest BCUT2D eigenvalue weighted by atomic mass is 79.9. The van der Waals surface area contributed by atoms with Crippen molar-refractivity contribution in [3.63, 3.8) is 0 Å². The molecule has 106 valence electrons. The minimum absolute atomic E-state index is 0.0220. The number of hydrogen-bond acceptors (Lipinski definition) is 1. The Labute approximate surface area is 129 Å². The predicted octanol–water partition coefficient (Wildman–Crippen LogP) is 4.93. The first kappa shape index (κ1) is 15.4. The Hall–Kier alpha value is -0.970. The first-order chi connectivity index (χ1) is 9.41. The second-order valence-corrected chi connectivity index (χ2v) is 5.85. The second-order valence-electron chi connectivity index (χ2n) is 4.59. The average molecular weight is 361 g/mol. The van der Waals surface area contributed by atoms with Gasteiger partial charge in [-0.1, -0.05) is 23.7 Å². The number of rotatable bonds is 3. The lowest BCUT2D eigenvalue weighted by Crippen LogP contribution is -2.16. The molecule has 0 saturated heterocycles. The fraction of sp³-hybridized carbons (Fsp3) is 0.200. The Morgan fingerprint density at radius 1 is 1.25 bits per heavy atom. The van der Waals surface area contributed by atoms with Crippen molar-refractivity contribution in [2.45, 2.75) is 19.4 Å². The Bertz CT molecular complexity index is 646. The summed E-state index contributed by atoms with van der Waals surface area (Å²) in [5.41, 5.74) is 7.67. The molecule has 0 heterocycles. The number of halogens is 4. The average Bonchev–Trinajstić information content (AvgIpc) is 2.42. The molecule has 0 spiro atoms. The Kier molecular flexibility index (Phi) is 4.78. The lowest BCUT2D eigenvalue weighted by atomic mass is 9.95. The number of benzene rings is 2. The van der Waals surface area contributed by atoms with E-state index in [1.807, 2.05) is 13.0 Å². The summed E-state index contributed by atoms with van der Waals surface area (Å²) in [6, 6.07) is 7.39. The number of hydrogen-bond donors (Lipinski definition) is 1. The molecule has 0 aromatic heterocycles. The van der Waals surface area contributed by atoms with Crippen LogP contribution in [0.3, 0.4) is 0 Å². The Morgan fingerprint density at radius 3 is 2.65 bits per heavy atom. The zero-order chi connectivity index (χ0) is 14.9. The molecule has 1 atom stereocenters. The molecule has 2 rings (SSSR count). The summed E-state index contributed by atoms with van der Waals surface area (Å²) < 4.78 is 27.9. The minimum atomic E-state index is -0.611. The first-order valence-electron chi connectivity index (χ1n) is 6.04. The molecule has 2 N–H and O–H groups in total. The summed E-state index contributed by atoms with van der Waals surface area (Å²) in [4.78, 5) is 0. The molecule has 0 bridgehead atoms. The molecule has 5 heteroatoms. The van der Waals surface area contributed by atoms with Crippen LogP contribution in [0.2, 0.25) is 5.02 Å². The van der Waals surface area contributed by atoms with Crippen LogP contribution >= 0.6 is 27.5 Å². The molecule has 2 aromatic carbocycles. The molecule has 0 radical (unpaired) electrons. The van der Waals surface area contributed by atoms with E-state index < -0.39 is 17.7 Å². The minimum Gasteiger partial charge on any atom is -0.324 e. The zero-order valence-corrected chi connectivity index (χ0v) is 13.1.